The molecular weight excluding hydrogens is 572 g/mol. The Morgan fingerprint density at radius 2 is 1.51 bits per heavy atom. The third kappa shape index (κ3) is 10.6. The quantitative estimate of drug-likeness (QED) is 0.0746. The fourth-order valence-electron chi connectivity index (χ4n) is 10.9. The van der Waals surface area contributed by atoms with Crippen molar-refractivity contribution in [3.63, 3.8) is 0 Å². The highest BCUT2D eigenvalue weighted by Crippen LogP contribution is 2.66. The zero-order valence-electron chi connectivity index (χ0n) is 32.1. The van der Waals surface area contributed by atoms with Crippen molar-refractivity contribution in [3.8, 4) is 0 Å². The number of allylic oxidation sites excluding steroid dienone is 6. The topological polar surface area (TPSA) is 26.3 Å². The SMILES string of the molecule is CCCCCCCC/C=C\CCCCCCCC(=O)OC1CCC2(C)C3=C(CCC2C1)C1CCC(C(C)CCC=C(C)C)C1(C)CC3. The Bertz CT molecular complexity index is 1040. The smallest absolute Gasteiger partial charge is 0.306 e. The second-order valence-corrected chi connectivity index (χ2v) is 17.5. The number of unbranched alkanes of at least 4 members (excludes halogenated alkanes) is 11. The highest BCUT2D eigenvalue weighted by atomic mass is 16.5. The number of carbonyl (C=O) groups excluding carboxylic acids is 1. The lowest BCUT2D eigenvalue weighted by Crippen LogP contribution is -2.46. The summed E-state index contributed by atoms with van der Waals surface area (Å²) in [5, 5.41) is 0. The van der Waals surface area contributed by atoms with Crippen LogP contribution in [0.25, 0.3) is 0 Å². The fourth-order valence-corrected chi connectivity index (χ4v) is 10.9. The van der Waals surface area contributed by atoms with Gasteiger partial charge < -0.3 is 4.74 Å². The van der Waals surface area contributed by atoms with Crippen LogP contribution in [0.5, 0.6) is 0 Å². The Kier molecular flexibility index (Phi) is 15.7. The molecule has 0 heterocycles. The van der Waals surface area contributed by atoms with E-state index >= 15 is 0 Å². The van der Waals surface area contributed by atoms with Gasteiger partial charge in [0.1, 0.15) is 6.10 Å². The van der Waals surface area contributed by atoms with E-state index in [9.17, 15) is 4.79 Å². The lowest BCUT2D eigenvalue weighted by Gasteiger charge is -2.55. The molecule has 4 aliphatic carbocycles. The number of hydrogen-bond acceptors (Lipinski definition) is 2. The number of carbonyl (C=O) groups is 1. The molecule has 4 rings (SSSR count). The van der Waals surface area contributed by atoms with Crippen LogP contribution >= 0.6 is 0 Å². The van der Waals surface area contributed by atoms with Crippen LogP contribution in [-0.4, -0.2) is 12.1 Å². The monoisotopic (exact) mass is 649 g/mol. The van der Waals surface area contributed by atoms with Gasteiger partial charge in [-0.15, -0.1) is 0 Å². The summed E-state index contributed by atoms with van der Waals surface area (Å²) in [5.74, 6) is 3.29. The summed E-state index contributed by atoms with van der Waals surface area (Å²) in [6.45, 7) is 14.6. The maximum Gasteiger partial charge on any atom is 0.306 e. The Morgan fingerprint density at radius 1 is 0.830 bits per heavy atom. The largest absolute Gasteiger partial charge is 0.462 e. The van der Waals surface area contributed by atoms with Crippen LogP contribution in [0.3, 0.4) is 0 Å². The molecule has 4 aliphatic rings. The number of esters is 1. The van der Waals surface area contributed by atoms with Crippen molar-refractivity contribution in [2.45, 2.75) is 208 Å². The minimum absolute atomic E-state index is 0.0658. The van der Waals surface area contributed by atoms with Gasteiger partial charge in [-0.1, -0.05) is 114 Å². The lowest BCUT2D eigenvalue weighted by molar-refractivity contribution is -0.153. The summed E-state index contributed by atoms with van der Waals surface area (Å²) in [5.41, 5.74) is 6.08. The summed E-state index contributed by atoms with van der Waals surface area (Å²) in [7, 11) is 0. The van der Waals surface area contributed by atoms with Crippen molar-refractivity contribution in [2.24, 2.45) is 34.5 Å². The molecule has 2 saturated carbocycles. The van der Waals surface area contributed by atoms with Crippen molar-refractivity contribution in [2.75, 3.05) is 0 Å². The molecule has 0 radical (unpaired) electrons. The van der Waals surface area contributed by atoms with E-state index in [1.807, 2.05) is 11.1 Å². The number of rotatable bonds is 20. The third-order valence-electron chi connectivity index (χ3n) is 13.8. The predicted molar refractivity (Wildman–Crippen MR) is 202 cm³/mol. The van der Waals surface area contributed by atoms with Gasteiger partial charge in [0.15, 0.2) is 0 Å². The van der Waals surface area contributed by atoms with Gasteiger partial charge in [-0.2, -0.15) is 0 Å². The molecule has 0 aromatic carbocycles. The minimum Gasteiger partial charge on any atom is -0.462 e. The average Bonchev–Trinajstić information content (AvgIpc) is 3.40. The van der Waals surface area contributed by atoms with Crippen molar-refractivity contribution in [1.82, 2.24) is 0 Å². The molecule has 2 nitrogen and oxygen atoms in total. The third-order valence-corrected chi connectivity index (χ3v) is 13.8. The van der Waals surface area contributed by atoms with E-state index in [4.69, 9.17) is 4.74 Å². The Labute approximate surface area is 292 Å². The molecule has 7 atom stereocenters. The van der Waals surface area contributed by atoms with Gasteiger partial charge in [0, 0.05) is 6.42 Å². The second kappa shape index (κ2) is 19.2. The van der Waals surface area contributed by atoms with Crippen molar-refractivity contribution in [3.05, 3.63) is 34.9 Å². The van der Waals surface area contributed by atoms with Gasteiger partial charge in [-0.3, -0.25) is 4.79 Å². The van der Waals surface area contributed by atoms with Crippen LogP contribution in [0.2, 0.25) is 0 Å². The van der Waals surface area contributed by atoms with Gasteiger partial charge in [-0.05, 0) is 151 Å². The van der Waals surface area contributed by atoms with E-state index in [1.54, 1.807) is 0 Å². The van der Waals surface area contributed by atoms with Crippen LogP contribution in [0.4, 0.5) is 0 Å². The normalized spacial score (nSPS) is 30.9. The first-order valence-corrected chi connectivity index (χ1v) is 20.9. The molecule has 0 saturated heterocycles. The molecule has 7 unspecified atom stereocenters. The van der Waals surface area contributed by atoms with Crippen LogP contribution in [0, 0.1) is 34.5 Å². The molecular formula is C45H76O2. The molecule has 47 heavy (non-hydrogen) atoms. The Hall–Kier alpha value is -1.31. The van der Waals surface area contributed by atoms with Crippen molar-refractivity contribution in [1.29, 1.82) is 0 Å². The highest BCUT2D eigenvalue weighted by Gasteiger charge is 2.56. The second-order valence-electron chi connectivity index (χ2n) is 17.5. The van der Waals surface area contributed by atoms with E-state index in [2.05, 4.69) is 59.8 Å². The molecule has 268 valence electrons. The average molecular weight is 649 g/mol. The first-order valence-electron chi connectivity index (χ1n) is 20.9. The molecule has 0 aromatic rings. The van der Waals surface area contributed by atoms with Crippen molar-refractivity contribution >= 4 is 5.97 Å². The standard InChI is InChI=1S/C45H76O2/c1-7-8-9-10-11-12-13-14-15-16-17-18-19-20-21-25-43(46)47-38-30-32-44(5)37(34-38)26-27-39-41-29-28-40(36(4)24-22-23-35(2)3)45(41,6)33-31-42(39)44/h14-15,23,36-38,40-41H,7-13,16-22,24-34H2,1-6H3/b15-14-. The van der Waals surface area contributed by atoms with E-state index < -0.39 is 0 Å². The van der Waals surface area contributed by atoms with Crippen LogP contribution < -0.4 is 0 Å². The van der Waals surface area contributed by atoms with Crippen LogP contribution in [0.1, 0.15) is 202 Å². The lowest BCUT2D eigenvalue weighted by atomic mass is 9.50. The molecule has 0 aliphatic heterocycles. The summed E-state index contributed by atoms with van der Waals surface area (Å²) < 4.78 is 6.14. The van der Waals surface area contributed by atoms with E-state index in [1.165, 1.54) is 134 Å². The highest BCUT2D eigenvalue weighted by molar-refractivity contribution is 5.69. The summed E-state index contributed by atoms with van der Waals surface area (Å²) in [6, 6.07) is 0. The molecule has 2 heteroatoms. The van der Waals surface area contributed by atoms with Crippen LogP contribution in [0.15, 0.2) is 34.9 Å². The van der Waals surface area contributed by atoms with Gasteiger partial charge in [0.2, 0.25) is 0 Å². The first kappa shape index (κ1) is 38.5. The maximum atomic E-state index is 12.8. The summed E-state index contributed by atoms with van der Waals surface area (Å²) in [6.07, 6.45) is 38.9. The summed E-state index contributed by atoms with van der Waals surface area (Å²) >= 11 is 0. The number of hydrogen-bond donors (Lipinski definition) is 0. The Morgan fingerprint density at radius 3 is 2.21 bits per heavy atom. The predicted octanol–water partition coefficient (Wildman–Crippen LogP) is 14.0. The van der Waals surface area contributed by atoms with Gasteiger partial charge in [0.25, 0.3) is 0 Å². The van der Waals surface area contributed by atoms with Crippen molar-refractivity contribution < 1.29 is 9.53 Å². The zero-order valence-corrected chi connectivity index (χ0v) is 32.1. The fraction of sp³-hybridized carbons (Fsp3) is 0.844. The van der Waals surface area contributed by atoms with Gasteiger partial charge >= 0.3 is 5.97 Å². The molecule has 0 spiro atoms. The molecule has 0 amide bonds. The number of ether oxygens (including phenoxy) is 1. The zero-order chi connectivity index (χ0) is 33.7. The van der Waals surface area contributed by atoms with E-state index in [0.29, 0.717) is 23.2 Å². The molecule has 0 N–H and O–H groups in total. The van der Waals surface area contributed by atoms with E-state index in [-0.39, 0.29) is 12.1 Å². The van der Waals surface area contributed by atoms with Gasteiger partial charge in [-0.25, -0.2) is 0 Å². The molecule has 0 bridgehead atoms. The summed E-state index contributed by atoms with van der Waals surface area (Å²) in [4.78, 5) is 12.8. The minimum atomic E-state index is 0.0658. The molecule has 2 fully saturated rings. The first-order chi connectivity index (χ1) is 22.7. The maximum absolute atomic E-state index is 12.8. The van der Waals surface area contributed by atoms with E-state index in [0.717, 1.165) is 43.4 Å². The molecule has 0 aromatic heterocycles. The van der Waals surface area contributed by atoms with Gasteiger partial charge in [0.05, 0.1) is 0 Å². The van der Waals surface area contributed by atoms with Crippen LogP contribution in [-0.2, 0) is 9.53 Å². The number of fused-ring (bicyclic) bond motifs is 4. The Balaban J connectivity index is 1.13.